The largest absolute Gasteiger partial charge is 0.454 e. The Morgan fingerprint density at radius 3 is 2.58 bits per heavy atom. The molecule has 0 saturated carbocycles. The van der Waals surface area contributed by atoms with E-state index in [4.69, 9.17) is 9.47 Å². The number of nitrogens with zero attached hydrogens (tertiary/aromatic N) is 2. The van der Waals surface area contributed by atoms with Gasteiger partial charge in [0.05, 0.1) is 5.69 Å². The average molecular weight is 256 g/mol. The molecule has 2 heterocycles. The van der Waals surface area contributed by atoms with Gasteiger partial charge in [0.25, 0.3) is 0 Å². The zero-order valence-corrected chi connectivity index (χ0v) is 10.6. The van der Waals surface area contributed by atoms with Crippen LogP contribution in [0.25, 0.3) is 11.3 Å². The fourth-order valence-corrected chi connectivity index (χ4v) is 2.10. The Balaban J connectivity index is 2.16. The summed E-state index contributed by atoms with van der Waals surface area (Å²) in [6.45, 7) is 4.04. The third-order valence-corrected chi connectivity index (χ3v) is 2.97. The number of aldehydes is 1. The van der Waals surface area contributed by atoms with E-state index in [-0.39, 0.29) is 12.6 Å². The number of hydrogen-bond acceptors (Lipinski definition) is 5. The highest BCUT2D eigenvalue weighted by Crippen LogP contribution is 2.37. The molecule has 1 aromatic carbocycles. The third kappa shape index (κ3) is 2.03. The van der Waals surface area contributed by atoms with E-state index in [0.29, 0.717) is 17.7 Å². The quantitative estimate of drug-likeness (QED) is 0.771. The monoisotopic (exact) mass is 256 g/mol. The first-order valence-corrected chi connectivity index (χ1v) is 5.89. The molecule has 19 heavy (non-hydrogen) atoms. The van der Waals surface area contributed by atoms with Gasteiger partial charge in [0.1, 0.15) is 0 Å². The van der Waals surface area contributed by atoms with Crippen LogP contribution >= 0.6 is 0 Å². The standard InChI is InChI=1S/C14H12N2O3/c1-8-3-12-13(19-7-18-12)5-10(8)11-4-9(2)15-14(6-17)16-11/h3-6H,7H2,1-2H3. The summed E-state index contributed by atoms with van der Waals surface area (Å²) in [5.41, 5.74) is 3.40. The predicted molar refractivity (Wildman–Crippen MR) is 68.5 cm³/mol. The van der Waals surface area contributed by atoms with Crippen LogP contribution in [0.3, 0.4) is 0 Å². The number of rotatable bonds is 2. The SMILES string of the molecule is Cc1cc(-c2cc3c(cc2C)OCO3)nc(C=O)n1. The maximum atomic E-state index is 10.8. The molecule has 1 aliphatic heterocycles. The molecule has 5 nitrogen and oxygen atoms in total. The van der Waals surface area contributed by atoms with Gasteiger partial charge < -0.3 is 9.47 Å². The zero-order chi connectivity index (χ0) is 13.4. The highest BCUT2D eigenvalue weighted by molar-refractivity contribution is 5.73. The van der Waals surface area contributed by atoms with E-state index in [1.165, 1.54) is 0 Å². The maximum Gasteiger partial charge on any atom is 0.231 e. The van der Waals surface area contributed by atoms with Gasteiger partial charge in [0.2, 0.25) is 6.79 Å². The summed E-state index contributed by atoms with van der Waals surface area (Å²) in [6.07, 6.45) is 0.652. The summed E-state index contributed by atoms with van der Waals surface area (Å²) in [7, 11) is 0. The van der Waals surface area contributed by atoms with Gasteiger partial charge in [0, 0.05) is 11.3 Å². The van der Waals surface area contributed by atoms with Crippen LogP contribution in [-0.2, 0) is 0 Å². The molecule has 0 bridgehead atoms. The second kappa shape index (κ2) is 4.35. The molecule has 0 amide bonds. The Labute approximate surface area is 110 Å². The van der Waals surface area contributed by atoms with Crippen molar-refractivity contribution in [2.75, 3.05) is 6.79 Å². The fraction of sp³-hybridized carbons (Fsp3) is 0.214. The van der Waals surface area contributed by atoms with Crippen molar-refractivity contribution in [1.82, 2.24) is 9.97 Å². The second-order valence-corrected chi connectivity index (χ2v) is 4.39. The third-order valence-electron chi connectivity index (χ3n) is 2.97. The van der Waals surface area contributed by atoms with Crippen molar-refractivity contribution in [1.29, 1.82) is 0 Å². The van der Waals surface area contributed by atoms with Gasteiger partial charge in [-0.3, -0.25) is 4.79 Å². The molecule has 96 valence electrons. The van der Waals surface area contributed by atoms with Crippen molar-refractivity contribution < 1.29 is 14.3 Å². The molecular weight excluding hydrogens is 244 g/mol. The van der Waals surface area contributed by atoms with Gasteiger partial charge in [-0.25, -0.2) is 9.97 Å². The van der Waals surface area contributed by atoms with Crippen molar-refractivity contribution in [2.24, 2.45) is 0 Å². The lowest BCUT2D eigenvalue weighted by Crippen LogP contribution is -1.98. The van der Waals surface area contributed by atoms with Gasteiger partial charge in [-0.05, 0) is 37.6 Å². The van der Waals surface area contributed by atoms with Gasteiger partial charge in [-0.2, -0.15) is 0 Å². The molecule has 0 fully saturated rings. The summed E-state index contributed by atoms with van der Waals surface area (Å²) >= 11 is 0. The average Bonchev–Trinajstić information content (AvgIpc) is 2.84. The van der Waals surface area contributed by atoms with E-state index in [0.717, 1.165) is 22.6 Å². The number of benzene rings is 1. The van der Waals surface area contributed by atoms with Crippen molar-refractivity contribution >= 4 is 6.29 Å². The van der Waals surface area contributed by atoms with Crippen LogP contribution in [0.4, 0.5) is 0 Å². The normalized spacial score (nSPS) is 12.5. The molecule has 0 saturated heterocycles. The van der Waals surface area contributed by atoms with E-state index in [9.17, 15) is 4.79 Å². The Morgan fingerprint density at radius 2 is 1.84 bits per heavy atom. The molecule has 0 spiro atoms. The Kier molecular flexibility index (Phi) is 2.67. The predicted octanol–water partition coefficient (Wildman–Crippen LogP) is 2.30. The highest BCUT2D eigenvalue weighted by atomic mass is 16.7. The molecule has 0 N–H and O–H groups in total. The number of hydrogen-bond donors (Lipinski definition) is 0. The summed E-state index contributed by atoms with van der Waals surface area (Å²) in [6, 6.07) is 5.64. The van der Waals surface area contributed by atoms with Gasteiger partial charge >= 0.3 is 0 Å². The number of ether oxygens (including phenoxy) is 2. The first-order valence-electron chi connectivity index (χ1n) is 5.89. The first kappa shape index (κ1) is 11.6. The molecule has 0 unspecified atom stereocenters. The van der Waals surface area contributed by atoms with Gasteiger partial charge in [-0.1, -0.05) is 0 Å². The smallest absolute Gasteiger partial charge is 0.231 e. The lowest BCUT2D eigenvalue weighted by atomic mass is 10.0. The molecule has 0 aliphatic carbocycles. The van der Waals surface area contributed by atoms with Crippen LogP contribution in [0.2, 0.25) is 0 Å². The fourth-order valence-electron chi connectivity index (χ4n) is 2.10. The van der Waals surface area contributed by atoms with Crippen LogP contribution in [0.1, 0.15) is 21.9 Å². The molecule has 1 aliphatic rings. The number of aryl methyl sites for hydroxylation is 2. The minimum Gasteiger partial charge on any atom is -0.454 e. The van der Waals surface area contributed by atoms with E-state index in [2.05, 4.69) is 9.97 Å². The zero-order valence-electron chi connectivity index (χ0n) is 10.6. The van der Waals surface area contributed by atoms with Gasteiger partial charge in [-0.15, -0.1) is 0 Å². The molecule has 2 aromatic rings. The molecule has 1 aromatic heterocycles. The van der Waals surface area contributed by atoms with Gasteiger partial charge in [0.15, 0.2) is 23.6 Å². The van der Waals surface area contributed by atoms with Crippen molar-refractivity contribution in [2.45, 2.75) is 13.8 Å². The number of aromatic nitrogens is 2. The second-order valence-electron chi connectivity index (χ2n) is 4.39. The minimum atomic E-state index is 0.187. The van der Waals surface area contributed by atoms with E-state index >= 15 is 0 Å². The Hall–Kier alpha value is -2.43. The Bertz CT molecular complexity index is 668. The summed E-state index contributed by atoms with van der Waals surface area (Å²) in [5, 5.41) is 0. The highest BCUT2D eigenvalue weighted by Gasteiger charge is 2.17. The number of carbonyl (C=O) groups excluding carboxylic acids is 1. The van der Waals surface area contributed by atoms with Crippen LogP contribution in [0, 0.1) is 13.8 Å². The minimum absolute atomic E-state index is 0.187. The van der Waals surface area contributed by atoms with Crippen molar-refractivity contribution in [3.05, 3.63) is 35.3 Å². The van der Waals surface area contributed by atoms with E-state index in [1.54, 1.807) is 0 Å². The summed E-state index contributed by atoms with van der Waals surface area (Å²) < 4.78 is 10.7. The lowest BCUT2D eigenvalue weighted by Gasteiger charge is -2.08. The molecule has 0 radical (unpaired) electrons. The summed E-state index contributed by atoms with van der Waals surface area (Å²) in [5.74, 6) is 1.62. The molecule has 3 rings (SSSR count). The van der Waals surface area contributed by atoms with Crippen molar-refractivity contribution in [3.8, 4) is 22.8 Å². The summed E-state index contributed by atoms with van der Waals surface area (Å²) in [4.78, 5) is 19.1. The van der Waals surface area contributed by atoms with Crippen LogP contribution in [-0.4, -0.2) is 23.0 Å². The van der Waals surface area contributed by atoms with Crippen LogP contribution in [0.5, 0.6) is 11.5 Å². The van der Waals surface area contributed by atoms with Crippen LogP contribution in [0.15, 0.2) is 18.2 Å². The molecular formula is C14H12N2O3. The molecule has 5 heteroatoms. The number of carbonyl (C=O) groups is 1. The first-order chi connectivity index (χ1) is 9.17. The van der Waals surface area contributed by atoms with E-state index in [1.807, 2.05) is 32.0 Å². The number of fused-ring (bicyclic) bond motifs is 1. The maximum absolute atomic E-state index is 10.8. The van der Waals surface area contributed by atoms with E-state index < -0.39 is 0 Å². The lowest BCUT2D eigenvalue weighted by molar-refractivity contribution is 0.111. The molecule has 0 atom stereocenters. The topological polar surface area (TPSA) is 61.3 Å². The Morgan fingerprint density at radius 1 is 1.11 bits per heavy atom. The van der Waals surface area contributed by atoms with Crippen LogP contribution < -0.4 is 9.47 Å². The van der Waals surface area contributed by atoms with Crippen molar-refractivity contribution in [3.63, 3.8) is 0 Å².